The van der Waals surface area contributed by atoms with Gasteiger partial charge in [0.25, 0.3) is 0 Å². The van der Waals surface area contributed by atoms with Gasteiger partial charge in [-0.25, -0.2) is 9.18 Å². The van der Waals surface area contributed by atoms with Crippen molar-refractivity contribution in [2.24, 2.45) is 11.5 Å². The van der Waals surface area contributed by atoms with Crippen molar-refractivity contribution in [1.82, 2.24) is 10.1 Å². The maximum atomic E-state index is 12.9. The second-order valence-electron chi connectivity index (χ2n) is 8.35. The number of halogens is 1. The fraction of sp³-hybridized carbons (Fsp3) is 0.222. The highest BCUT2D eigenvalue weighted by molar-refractivity contribution is 7.19. The summed E-state index contributed by atoms with van der Waals surface area (Å²) in [5.74, 6) is 5.50. The van der Waals surface area contributed by atoms with Gasteiger partial charge in [0.05, 0.1) is 17.0 Å². The molecular weight excluding hydrogens is 527 g/mol. The number of aliphatic hydroxyl groups is 1. The van der Waals surface area contributed by atoms with Crippen LogP contribution in [0.3, 0.4) is 0 Å². The lowest BCUT2D eigenvalue weighted by Gasteiger charge is -2.20. The number of urea groups is 1. The first-order chi connectivity index (χ1) is 18.0. The van der Waals surface area contributed by atoms with Crippen LogP contribution in [0.15, 0.2) is 66.7 Å². The van der Waals surface area contributed by atoms with Crippen molar-refractivity contribution in [1.29, 1.82) is 0 Å². The van der Waals surface area contributed by atoms with Crippen molar-refractivity contribution in [3.8, 4) is 11.8 Å². The fourth-order valence-corrected chi connectivity index (χ4v) is 5.34. The third-order valence-electron chi connectivity index (χ3n) is 5.47. The van der Waals surface area contributed by atoms with E-state index in [0.717, 1.165) is 36.7 Å². The molecule has 3 atom stereocenters. The molecule has 0 saturated heterocycles. The average Bonchev–Trinajstić information content (AvgIpc) is 3.54. The van der Waals surface area contributed by atoms with Crippen molar-refractivity contribution in [2.75, 3.05) is 0 Å². The summed E-state index contributed by atoms with van der Waals surface area (Å²) in [6.45, 7) is 3.37. The third kappa shape index (κ3) is 8.08. The minimum absolute atomic E-state index is 0.244. The molecule has 4 rings (SSSR count). The Hall–Kier alpha value is -3.34. The Labute approximate surface area is 228 Å². The number of nitrogens with two attached hydrogens (primary N) is 2. The van der Waals surface area contributed by atoms with Crippen LogP contribution in [0.4, 0.5) is 9.18 Å². The van der Waals surface area contributed by atoms with Crippen molar-refractivity contribution in [2.45, 2.75) is 38.7 Å². The van der Waals surface area contributed by atoms with Gasteiger partial charge in [0.1, 0.15) is 5.82 Å². The van der Waals surface area contributed by atoms with E-state index in [2.05, 4.69) is 11.8 Å². The zero-order chi connectivity index (χ0) is 27.8. The van der Waals surface area contributed by atoms with Gasteiger partial charge >= 0.3 is 6.03 Å². The van der Waals surface area contributed by atoms with E-state index in [1.54, 1.807) is 37.3 Å². The lowest BCUT2D eigenvalue weighted by Crippen LogP contribution is -2.44. The Kier molecular flexibility index (Phi) is 10.3. The molecule has 11 heteroatoms. The Morgan fingerprint density at radius 1 is 1.05 bits per heavy atom. The molecule has 2 amide bonds. The standard InChI is InChI=1S/C16H17FN2O2S.C11H12N2O2S/c1-11(19(21)16(18)20)2-7-14-8-9-15(22-14)10-12-3-5-13(17)6-4-12;1-7(13(15)11(12)14)10-6-8-4-2-3-5-9(8)16-10/h3-6,8-9,11,16,20-21H,10,18H2,1H3;2-7,15H,1H3,(H2,12,14)/t11-,16?;/m1./s1. The predicted molar refractivity (Wildman–Crippen MR) is 147 cm³/mol. The molecule has 0 aliphatic rings. The quantitative estimate of drug-likeness (QED) is 0.0994. The number of benzene rings is 2. The van der Waals surface area contributed by atoms with Crippen LogP contribution in [0.1, 0.15) is 40.1 Å². The van der Waals surface area contributed by atoms with Gasteiger partial charge in [0, 0.05) is 20.9 Å². The van der Waals surface area contributed by atoms with E-state index < -0.39 is 24.5 Å². The number of amides is 2. The Morgan fingerprint density at radius 3 is 2.37 bits per heavy atom. The normalized spacial score (nSPS) is 13.2. The molecule has 2 aromatic carbocycles. The van der Waals surface area contributed by atoms with Gasteiger partial charge in [-0.15, -0.1) is 27.7 Å². The van der Waals surface area contributed by atoms with Gasteiger partial charge in [-0.05, 0) is 61.2 Å². The summed E-state index contributed by atoms with van der Waals surface area (Å²) in [7, 11) is 0. The average molecular weight is 557 g/mol. The fourth-order valence-electron chi connectivity index (χ4n) is 3.33. The van der Waals surface area contributed by atoms with E-state index in [1.807, 2.05) is 42.5 Å². The molecule has 200 valence electrons. The molecule has 0 saturated carbocycles. The zero-order valence-corrected chi connectivity index (χ0v) is 22.4. The summed E-state index contributed by atoms with van der Waals surface area (Å²) in [4.78, 5) is 13.7. The van der Waals surface area contributed by atoms with E-state index in [9.17, 15) is 19.6 Å². The van der Waals surface area contributed by atoms with E-state index in [-0.39, 0.29) is 5.82 Å². The van der Waals surface area contributed by atoms with Crippen molar-refractivity contribution in [3.05, 3.63) is 92.7 Å². The Bertz CT molecular complexity index is 1380. The highest BCUT2D eigenvalue weighted by Gasteiger charge is 2.19. The van der Waals surface area contributed by atoms with Crippen molar-refractivity contribution >= 4 is 38.8 Å². The molecule has 0 aliphatic carbocycles. The molecule has 4 aromatic rings. The van der Waals surface area contributed by atoms with E-state index in [4.69, 9.17) is 16.6 Å². The second-order valence-corrected chi connectivity index (χ2v) is 10.6. The number of hydrogen-bond donors (Lipinski definition) is 5. The zero-order valence-electron chi connectivity index (χ0n) is 20.8. The Balaban J connectivity index is 0.000000221. The second kappa shape index (κ2) is 13.5. The van der Waals surface area contributed by atoms with Gasteiger partial charge in [0.2, 0.25) is 0 Å². The number of carbonyl (C=O) groups is 1. The summed E-state index contributed by atoms with van der Waals surface area (Å²) < 4.78 is 14.0. The molecular formula is C27H29FN4O4S2. The van der Waals surface area contributed by atoms with Gasteiger partial charge in [-0.1, -0.05) is 42.2 Å². The number of nitrogens with zero attached hydrogens (tertiary/aromatic N) is 2. The number of fused-ring (bicyclic) bond motifs is 1. The van der Waals surface area contributed by atoms with Gasteiger partial charge < -0.3 is 16.0 Å². The smallest absolute Gasteiger partial charge is 0.339 e. The van der Waals surface area contributed by atoms with Gasteiger partial charge in [-0.3, -0.25) is 10.9 Å². The van der Waals surface area contributed by atoms with Gasteiger partial charge in [-0.2, -0.15) is 5.06 Å². The SMILES string of the molecule is CC(c1cc2ccccc2s1)N(O)C(N)=O.C[C@H](C#Cc1ccc(Cc2ccc(F)cc2)s1)N(O)C(N)O. The largest absolute Gasteiger partial charge is 0.364 e. The summed E-state index contributed by atoms with van der Waals surface area (Å²) >= 11 is 3.07. The van der Waals surface area contributed by atoms with Gasteiger partial charge in [0.15, 0.2) is 6.35 Å². The van der Waals surface area contributed by atoms with Crippen LogP contribution in [0, 0.1) is 17.7 Å². The van der Waals surface area contributed by atoms with Crippen LogP contribution in [0.2, 0.25) is 0 Å². The molecule has 0 fully saturated rings. The number of thiophene rings is 2. The lowest BCUT2D eigenvalue weighted by molar-refractivity contribution is -0.205. The molecule has 0 spiro atoms. The molecule has 38 heavy (non-hydrogen) atoms. The molecule has 0 aliphatic heterocycles. The maximum absolute atomic E-state index is 12.9. The molecule has 2 aromatic heterocycles. The monoisotopic (exact) mass is 556 g/mol. The van der Waals surface area contributed by atoms with E-state index in [1.165, 1.54) is 23.5 Å². The maximum Gasteiger partial charge on any atom is 0.339 e. The highest BCUT2D eigenvalue weighted by Crippen LogP contribution is 2.31. The lowest BCUT2D eigenvalue weighted by atomic mass is 10.1. The number of primary amides is 1. The molecule has 2 heterocycles. The molecule has 8 nitrogen and oxygen atoms in total. The number of hydroxylamine groups is 4. The molecule has 0 bridgehead atoms. The molecule has 7 N–H and O–H groups in total. The summed E-state index contributed by atoms with van der Waals surface area (Å²) in [5, 5.41) is 30.1. The molecule has 0 radical (unpaired) electrons. The summed E-state index contributed by atoms with van der Waals surface area (Å²) in [6, 6.07) is 18.3. The van der Waals surface area contributed by atoms with Crippen LogP contribution < -0.4 is 11.5 Å². The van der Waals surface area contributed by atoms with Crippen LogP contribution >= 0.6 is 22.7 Å². The van der Waals surface area contributed by atoms with Crippen LogP contribution in [0.25, 0.3) is 10.1 Å². The first kappa shape index (κ1) is 29.2. The number of carbonyl (C=O) groups excluding carboxylic acids is 1. The van der Waals surface area contributed by atoms with E-state index >= 15 is 0 Å². The first-order valence-electron chi connectivity index (χ1n) is 11.6. The highest BCUT2D eigenvalue weighted by atomic mass is 32.1. The predicted octanol–water partition coefficient (Wildman–Crippen LogP) is 4.88. The summed E-state index contributed by atoms with van der Waals surface area (Å²) in [5.41, 5.74) is 11.2. The van der Waals surface area contributed by atoms with E-state index in [0.29, 0.717) is 10.1 Å². The first-order valence-corrected chi connectivity index (χ1v) is 13.2. The third-order valence-corrected chi connectivity index (χ3v) is 7.76. The van der Waals surface area contributed by atoms with Crippen molar-refractivity contribution < 1.29 is 24.7 Å². The summed E-state index contributed by atoms with van der Waals surface area (Å²) in [6.07, 6.45) is -0.739. The number of hydrogen-bond acceptors (Lipinski definition) is 8. The molecule has 2 unspecified atom stereocenters. The van der Waals surface area contributed by atoms with Crippen LogP contribution in [-0.4, -0.2) is 44.1 Å². The number of aliphatic hydroxyl groups excluding tert-OH is 1. The minimum atomic E-state index is -1.46. The van der Waals surface area contributed by atoms with Crippen molar-refractivity contribution in [3.63, 3.8) is 0 Å². The number of rotatable bonds is 6. The Morgan fingerprint density at radius 2 is 1.74 bits per heavy atom. The van der Waals surface area contributed by atoms with Crippen LogP contribution in [0.5, 0.6) is 0 Å². The topological polar surface area (TPSA) is 136 Å². The van der Waals surface area contributed by atoms with Crippen LogP contribution in [-0.2, 0) is 6.42 Å². The minimum Gasteiger partial charge on any atom is -0.364 e.